The number of likely N-dealkylation sites (tertiary alicyclic amines) is 1. The van der Waals surface area contributed by atoms with E-state index in [1.807, 2.05) is 36.1 Å². The third kappa shape index (κ3) is 3.79. The van der Waals surface area contributed by atoms with Gasteiger partial charge in [-0.25, -0.2) is 9.50 Å². The van der Waals surface area contributed by atoms with Gasteiger partial charge in [0.25, 0.3) is 5.91 Å². The zero-order valence-electron chi connectivity index (χ0n) is 17.5. The number of rotatable bonds is 4. The molecule has 0 radical (unpaired) electrons. The fraction of sp³-hybridized carbons (Fsp3) is 0.391. The highest BCUT2D eigenvalue weighted by Gasteiger charge is 2.25. The van der Waals surface area contributed by atoms with Gasteiger partial charge in [0.15, 0.2) is 5.65 Å². The molecule has 1 unspecified atom stereocenters. The van der Waals surface area contributed by atoms with E-state index >= 15 is 0 Å². The molecule has 2 amide bonds. The van der Waals surface area contributed by atoms with Crippen molar-refractivity contribution in [3.8, 4) is 11.3 Å². The summed E-state index contributed by atoms with van der Waals surface area (Å²) < 4.78 is 1.79. The number of aryl methyl sites for hydroxylation is 1. The van der Waals surface area contributed by atoms with Crippen LogP contribution in [0.5, 0.6) is 0 Å². The Bertz CT molecular complexity index is 1090. The van der Waals surface area contributed by atoms with Gasteiger partial charge in [0.2, 0.25) is 5.91 Å². The van der Waals surface area contributed by atoms with Crippen molar-refractivity contribution in [1.29, 1.82) is 0 Å². The monoisotopic (exact) mass is 405 g/mol. The fourth-order valence-corrected chi connectivity index (χ4v) is 4.07. The van der Waals surface area contributed by atoms with Crippen molar-refractivity contribution >= 4 is 17.5 Å². The highest BCUT2D eigenvalue weighted by molar-refractivity contribution is 5.94. The number of primary amides is 1. The van der Waals surface area contributed by atoms with Crippen molar-refractivity contribution in [2.45, 2.75) is 52.0 Å². The Kier molecular flexibility index (Phi) is 5.53. The Morgan fingerprint density at radius 2 is 1.90 bits per heavy atom. The minimum absolute atomic E-state index is 0.00448. The SMILES string of the molecule is CCc1cc(C(=O)N2CCCCCC2C)nc2cc(-c3ccc(C(N)=O)cc3)nn12. The molecule has 2 N–H and O–H groups in total. The summed E-state index contributed by atoms with van der Waals surface area (Å²) in [6.07, 6.45) is 5.14. The highest BCUT2D eigenvalue weighted by Crippen LogP contribution is 2.23. The molecule has 1 atom stereocenters. The summed E-state index contributed by atoms with van der Waals surface area (Å²) in [5.74, 6) is -0.465. The van der Waals surface area contributed by atoms with E-state index in [1.165, 1.54) is 6.42 Å². The standard InChI is InChI=1S/C23H27N5O2/c1-3-18-13-20(23(30)27-12-6-4-5-7-15(27)2)25-21-14-19(26-28(18)21)16-8-10-17(11-9-16)22(24)29/h8-11,13-15H,3-7,12H2,1-2H3,(H2,24,29). The molecule has 30 heavy (non-hydrogen) atoms. The molecule has 3 heterocycles. The van der Waals surface area contributed by atoms with Crippen molar-refractivity contribution in [3.63, 3.8) is 0 Å². The first-order valence-corrected chi connectivity index (χ1v) is 10.6. The lowest BCUT2D eigenvalue weighted by Crippen LogP contribution is -2.38. The van der Waals surface area contributed by atoms with Crippen LogP contribution in [0.1, 0.15) is 66.1 Å². The maximum atomic E-state index is 13.2. The average molecular weight is 406 g/mol. The van der Waals surface area contributed by atoms with Crippen molar-refractivity contribution in [3.05, 3.63) is 53.3 Å². The Morgan fingerprint density at radius 1 is 1.13 bits per heavy atom. The van der Waals surface area contributed by atoms with Crippen molar-refractivity contribution < 1.29 is 9.59 Å². The Hall–Kier alpha value is -3.22. The summed E-state index contributed by atoms with van der Waals surface area (Å²) in [7, 11) is 0. The molecule has 2 aromatic heterocycles. The number of benzene rings is 1. The number of nitrogens with two attached hydrogens (primary N) is 1. The second kappa shape index (κ2) is 8.26. The Morgan fingerprint density at radius 3 is 2.60 bits per heavy atom. The molecular formula is C23H27N5O2. The second-order valence-electron chi connectivity index (χ2n) is 7.92. The van der Waals surface area contributed by atoms with Crippen LogP contribution in [0.15, 0.2) is 36.4 Å². The van der Waals surface area contributed by atoms with Gasteiger partial charge in [0, 0.05) is 35.5 Å². The maximum Gasteiger partial charge on any atom is 0.272 e. The van der Waals surface area contributed by atoms with E-state index in [0.717, 1.165) is 49.2 Å². The molecule has 3 aromatic rings. The molecule has 7 nitrogen and oxygen atoms in total. The largest absolute Gasteiger partial charge is 0.366 e. The van der Waals surface area contributed by atoms with Gasteiger partial charge < -0.3 is 10.6 Å². The topological polar surface area (TPSA) is 93.6 Å². The second-order valence-corrected chi connectivity index (χ2v) is 7.92. The fourth-order valence-electron chi connectivity index (χ4n) is 4.07. The van der Waals surface area contributed by atoms with Crippen LogP contribution in [-0.2, 0) is 6.42 Å². The molecule has 0 bridgehead atoms. The van der Waals surface area contributed by atoms with Gasteiger partial charge in [-0.3, -0.25) is 9.59 Å². The van der Waals surface area contributed by atoms with Gasteiger partial charge in [-0.2, -0.15) is 5.10 Å². The van der Waals surface area contributed by atoms with Crippen molar-refractivity contribution in [2.75, 3.05) is 6.54 Å². The van der Waals surface area contributed by atoms with Crippen LogP contribution >= 0.6 is 0 Å². The summed E-state index contributed by atoms with van der Waals surface area (Å²) in [5.41, 5.74) is 9.43. The normalized spacial score (nSPS) is 17.1. The smallest absolute Gasteiger partial charge is 0.272 e. The van der Waals surface area contributed by atoms with E-state index in [1.54, 1.807) is 16.6 Å². The van der Waals surface area contributed by atoms with Gasteiger partial charge in [-0.05, 0) is 44.4 Å². The van der Waals surface area contributed by atoms with E-state index in [9.17, 15) is 9.59 Å². The van der Waals surface area contributed by atoms with Crippen LogP contribution in [0, 0.1) is 0 Å². The number of carbonyl (C=O) groups is 2. The number of nitrogens with zero attached hydrogens (tertiary/aromatic N) is 4. The molecule has 156 valence electrons. The number of fused-ring (bicyclic) bond motifs is 1. The van der Waals surface area contributed by atoms with Gasteiger partial charge in [-0.15, -0.1) is 0 Å². The molecule has 1 saturated heterocycles. The van der Waals surface area contributed by atoms with Crippen LogP contribution in [0.25, 0.3) is 16.9 Å². The van der Waals surface area contributed by atoms with Crippen LogP contribution in [0.2, 0.25) is 0 Å². The lowest BCUT2D eigenvalue weighted by atomic mass is 10.1. The van der Waals surface area contributed by atoms with Gasteiger partial charge in [0.1, 0.15) is 5.69 Å². The van der Waals surface area contributed by atoms with Crippen LogP contribution < -0.4 is 5.73 Å². The zero-order chi connectivity index (χ0) is 21.3. The summed E-state index contributed by atoms with van der Waals surface area (Å²) >= 11 is 0. The summed E-state index contributed by atoms with van der Waals surface area (Å²) in [5, 5.41) is 4.68. The van der Waals surface area contributed by atoms with E-state index in [2.05, 4.69) is 17.0 Å². The number of carbonyl (C=O) groups excluding carboxylic acids is 2. The first-order chi connectivity index (χ1) is 14.5. The molecule has 0 spiro atoms. The van der Waals surface area contributed by atoms with E-state index in [0.29, 0.717) is 16.9 Å². The zero-order valence-corrected chi connectivity index (χ0v) is 17.5. The highest BCUT2D eigenvalue weighted by atomic mass is 16.2. The molecule has 1 aromatic carbocycles. The molecule has 4 rings (SSSR count). The number of amides is 2. The Balaban J connectivity index is 1.71. The number of aromatic nitrogens is 3. The van der Waals surface area contributed by atoms with E-state index in [4.69, 9.17) is 5.73 Å². The Labute approximate surface area is 175 Å². The van der Waals surface area contributed by atoms with Gasteiger partial charge in [0.05, 0.1) is 5.69 Å². The molecule has 1 fully saturated rings. The average Bonchev–Trinajstić information content (AvgIpc) is 3.07. The minimum Gasteiger partial charge on any atom is -0.366 e. The van der Waals surface area contributed by atoms with Crippen molar-refractivity contribution in [2.24, 2.45) is 5.73 Å². The first-order valence-electron chi connectivity index (χ1n) is 10.6. The number of hydrogen-bond donors (Lipinski definition) is 1. The van der Waals surface area contributed by atoms with Crippen LogP contribution in [-0.4, -0.2) is 43.9 Å². The third-order valence-corrected chi connectivity index (χ3v) is 5.86. The quantitative estimate of drug-likeness (QED) is 0.719. The molecule has 0 saturated carbocycles. The third-order valence-electron chi connectivity index (χ3n) is 5.86. The molecule has 7 heteroatoms. The molecular weight excluding hydrogens is 378 g/mol. The predicted molar refractivity (Wildman–Crippen MR) is 115 cm³/mol. The summed E-state index contributed by atoms with van der Waals surface area (Å²) in [6, 6.07) is 11.0. The summed E-state index contributed by atoms with van der Waals surface area (Å²) in [4.78, 5) is 31.2. The van der Waals surface area contributed by atoms with Gasteiger partial charge in [-0.1, -0.05) is 31.9 Å². The first kappa shape index (κ1) is 20.1. The van der Waals surface area contributed by atoms with Crippen molar-refractivity contribution in [1.82, 2.24) is 19.5 Å². The lowest BCUT2D eigenvalue weighted by molar-refractivity contribution is 0.0691. The summed E-state index contributed by atoms with van der Waals surface area (Å²) in [6.45, 7) is 4.95. The molecule has 1 aliphatic heterocycles. The molecule has 0 aliphatic carbocycles. The van der Waals surface area contributed by atoms with E-state index in [-0.39, 0.29) is 11.9 Å². The maximum absolute atomic E-state index is 13.2. The predicted octanol–water partition coefficient (Wildman–Crippen LogP) is 3.46. The number of hydrogen-bond acceptors (Lipinski definition) is 4. The van der Waals surface area contributed by atoms with E-state index < -0.39 is 5.91 Å². The van der Waals surface area contributed by atoms with Crippen LogP contribution in [0.3, 0.4) is 0 Å². The lowest BCUT2D eigenvalue weighted by Gasteiger charge is -2.27. The van der Waals surface area contributed by atoms with Crippen LogP contribution in [0.4, 0.5) is 0 Å². The van der Waals surface area contributed by atoms with Gasteiger partial charge >= 0.3 is 0 Å². The minimum atomic E-state index is -0.461. The molecule has 1 aliphatic rings.